The zero-order chi connectivity index (χ0) is 12.7. The molecule has 1 spiro atoms. The fraction of sp³-hybridized carbons (Fsp3) is 0.867. The summed E-state index contributed by atoms with van der Waals surface area (Å²) in [5.74, 6) is 1.44. The van der Waals surface area contributed by atoms with Crippen LogP contribution < -0.4 is 0 Å². The Hall–Kier alpha value is -0.860. The molecule has 3 heteroatoms. The normalized spacial score (nSPS) is 52.1. The van der Waals surface area contributed by atoms with Gasteiger partial charge in [-0.05, 0) is 36.5 Å². The van der Waals surface area contributed by atoms with Crippen molar-refractivity contribution < 1.29 is 14.3 Å². The van der Waals surface area contributed by atoms with Gasteiger partial charge in [-0.15, -0.1) is 0 Å². The first-order valence-corrected chi connectivity index (χ1v) is 7.16. The smallest absolute Gasteiger partial charge is 0.309 e. The van der Waals surface area contributed by atoms with Gasteiger partial charge < -0.3 is 4.74 Å². The number of hydrogen-bond donors (Lipinski definition) is 0. The summed E-state index contributed by atoms with van der Waals surface area (Å²) in [6, 6.07) is 0. The molecule has 3 nitrogen and oxygen atoms in total. The standard InChI is InChI=1S/C15H20O3/c1-14(2)7-15-9-4-3-8(14)10(15)5-12(16)11(15)6-18-13(9)17/h8-11H,3-7H2,1-2H3/t8-,9+,10+,11+,15+/m1/s1. The van der Waals surface area contributed by atoms with Gasteiger partial charge in [-0.3, -0.25) is 9.59 Å². The van der Waals surface area contributed by atoms with Gasteiger partial charge in [-0.25, -0.2) is 0 Å². The van der Waals surface area contributed by atoms with Gasteiger partial charge in [-0.2, -0.15) is 0 Å². The maximum atomic E-state index is 12.3. The molecule has 1 heterocycles. The second-order valence-electron chi connectivity index (χ2n) is 7.47. The van der Waals surface area contributed by atoms with Crippen LogP contribution in [0, 0.1) is 34.5 Å². The average molecular weight is 248 g/mol. The second kappa shape index (κ2) is 3.00. The van der Waals surface area contributed by atoms with Gasteiger partial charge in [0.15, 0.2) is 0 Å². The predicted molar refractivity (Wildman–Crippen MR) is 64.6 cm³/mol. The Morgan fingerprint density at radius 3 is 2.67 bits per heavy atom. The quantitative estimate of drug-likeness (QED) is 0.617. The molecule has 3 aliphatic carbocycles. The molecule has 0 N–H and O–H groups in total. The third-order valence-corrected chi connectivity index (χ3v) is 6.49. The van der Waals surface area contributed by atoms with Crippen LogP contribution in [0.1, 0.15) is 39.5 Å². The molecule has 18 heavy (non-hydrogen) atoms. The molecule has 4 rings (SSSR count). The number of cyclic esters (lactones) is 1. The van der Waals surface area contributed by atoms with E-state index < -0.39 is 0 Å². The van der Waals surface area contributed by atoms with Crippen molar-refractivity contribution >= 4 is 11.8 Å². The van der Waals surface area contributed by atoms with Crippen molar-refractivity contribution in [2.75, 3.05) is 6.61 Å². The number of carbonyl (C=O) groups excluding carboxylic acids is 2. The summed E-state index contributed by atoms with van der Waals surface area (Å²) in [5.41, 5.74) is 0.259. The molecule has 4 fully saturated rings. The highest BCUT2D eigenvalue weighted by Crippen LogP contribution is 2.73. The van der Waals surface area contributed by atoms with Crippen molar-refractivity contribution in [3.8, 4) is 0 Å². The number of carbonyl (C=O) groups is 2. The van der Waals surface area contributed by atoms with Crippen LogP contribution in [0.5, 0.6) is 0 Å². The number of ketones is 1. The third kappa shape index (κ3) is 0.996. The number of ether oxygens (including phenoxy) is 1. The van der Waals surface area contributed by atoms with Crippen LogP contribution in [-0.4, -0.2) is 18.4 Å². The zero-order valence-corrected chi connectivity index (χ0v) is 11.1. The highest BCUT2D eigenvalue weighted by molar-refractivity contribution is 5.89. The lowest BCUT2D eigenvalue weighted by Crippen LogP contribution is -2.51. The van der Waals surface area contributed by atoms with E-state index in [-0.39, 0.29) is 28.6 Å². The van der Waals surface area contributed by atoms with Crippen LogP contribution in [0.25, 0.3) is 0 Å². The lowest BCUT2D eigenvalue weighted by molar-refractivity contribution is -0.175. The van der Waals surface area contributed by atoms with Crippen LogP contribution in [-0.2, 0) is 14.3 Å². The summed E-state index contributed by atoms with van der Waals surface area (Å²) in [6.45, 7) is 5.01. The van der Waals surface area contributed by atoms with Crippen LogP contribution in [0.3, 0.4) is 0 Å². The second-order valence-corrected chi connectivity index (χ2v) is 7.47. The highest BCUT2D eigenvalue weighted by atomic mass is 16.5. The van der Waals surface area contributed by atoms with Crippen LogP contribution in [0.2, 0.25) is 0 Å². The Balaban J connectivity index is 1.90. The van der Waals surface area contributed by atoms with Gasteiger partial charge in [0.25, 0.3) is 0 Å². The summed E-state index contributed by atoms with van der Waals surface area (Å²) in [6.07, 6.45) is 3.78. The van der Waals surface area contributed by atoms with E-state index in [0.29, 0.717) is 30.6 Å². The molecule has 98 valence electrons. The molecule has 3 saturated carbocycles. The summed E-state index contributed by atoms with van der Waals surface area (Å²) < 4.78 is 5.30. The molecule has 2 bridgehead atoms. The molecular weight excluding hydrogens is 228 g/mol. The average Bonchev–Trinajstić information content (AvgIpc) is 2.60. The Morgan fingerprint density at radius 2 is 1.89 bits per heavy atom. The zero-order valence-electron chi connectivity index (χ0n) is 11.1. The van der Waals surface area contributed by atoms with Crippen molar-refractivity contribution in [3.05, 3.63) is 0 Å². The fourth-order valence-corrected chi connectivity index (χ4v) is 6.03. The molecular formula is C15H20O3. The predicted octanol–water partition coefficient (Wildman–Crippen LogP) is 2.19. The molecule has 5 atom stereocenters. The first-order valence-electron chi connectivity index (χ1n) is 7.16. The number of hydrogen-bond acceptors (Lipinski definition) is 3. The van der Waals surface area contributed by atoms with Crippen molar-refractivity contribution in [2.24, 2.45) is 34.5 Å². The van der Waals surface area contributed by atoms with E-state index >= 15 is 0 Å². The summed E-state index contributed by atoms with van der Waals surface area (Å²) >= 11 is 0. The van der Waals surface area contributed by atoms with Gasteiger partial charge >= 0.3 is 5.97 Å². The van der Waals surface area contributed by atoms with E-state index in [4.69, 9.17) is 4.74 Å². The summed E-state index contributed by atoms with van der Waals surface area (Å²) in [4.78, 5) is 24.4. The van der Waals surface area contributed by atoms with Gasteiger partial charge in [-0.1, -0.05) is 13.8 Å². The number of esters is 1. The minimum Gasteiger partial charge on any atom is -0.465 e. The summed E-state index contributed by atoms with van der Waals surface area (Å²) in [7, 11) is 0. The number of rotatable bonds is 0. The van der Waals surface area contributed by atoms with E-state index in [0.717, 1.165) is 19.3 Å². The molecule has 0 aromatic carbocycles. The van der Waals surface area contributed by atoms with Crippen LogP contribution in [0.4, 0.5) is 0 Å². The topological polar surface area (TPSA) is 43.4 Å². The Bertz CT molecular complexity index is 451. The maximum Gasteiger partial charge on any atom is 0.309 e. The first kappa shape index (κ1) is 11.0. The van der Waals surface area contributed by atoms with Gasteiger partial charge in [0.05, 0.1) is 11.8 Å². The van der Waals surface area contributed by atoms with Crippen LogP contribution in [0.15, 0.2) is 0 Å². The molecule has 0 unspecified atom stereocenters. The van der Waals surface area contributed by atoms with Crippen molar-refractivity contribution in [2.45, 2.75) is 39.5 Å². The highest BCUT2D eigenvalue weighted by Gasteiger charge is 2.72. The Morgan fingerprint density at radius 1 is 1.11 bits per heavy atom. The van der Waals surface area contributed by atoms with Crippen molar-refractivity contribution in [1.82, 2.24) is 0 Å². The molecule has 0 radical (unpaired) electrons. The molecule has 0 aromatic rings. The van der Waals surface area contributed by atoms with E-state index in [1.54, 1.807) is 0 Å². The SMILES string of the molecule is CC1(C)C[C@]23[C@H]4COC(=O)[C@@H]2CC[C@@H]1[C@@H]3CC4=O. The largest absolute Gasteiger partial charge is 0.465 e. The van der Waals surface area contributed by atoms with Gasteiger partial charge in [0.1, 0.15) is 12.4 Å². The minimum atomic E-state index is -0.0289. The Labute approximate surface area is 107 Å². The Kier molecular flexibility index (Phi) is 1.83. The first-order chi connectivity index (χ1) is 8.47. The van der Waals surface area contributed by atoms with Crippen LogP contribution >= 0.6 is 0 Å². The minimum absolute atomic E-state index is 0.00530. The molecule has 4 aliphatic rings. The van der Waals surface area contributed by atoms with E-state index in [9.17, 15) is 9.59 Å². The molecule has 1 saturated heterocycles. The van der Waals surface area contributed by atoms with Gasteiger partial charge in [0.2, 0.25) is 0 Å². The maximum absolute atomic E-state index is 12.3. The number of Topliss-reactive ketones (excluding diaryl/α,β-unsaturated/α-hetero) is 1. The lowest BCUT2D eigenvalue weighted by Gasteiger charge is -2.47. The van der Waals surface area contributed by atoms with E-state index in [2.05, 4.69) is 13.8 Å². The van der Waals surface area contributed by atoms with E-state index in [1.165, 1.54) is 0 Å². The summed E-state index contributed by atoms with van der Waals surface area (Å²) in [5, 5.41) is 0. The lowest BCUT2D eigenvalue weighted by atomic mass is 9.58. The van der Waals surface area contributed by atoms with E-state index in [1.807, 2.05) is 0 Å². The third-order valence-electron chi connectivity index (χ3n) is 6.49. The fourth-order valence-electron chi connectivity index (χ4n) is 6.03. The molecule has 1 aliphatic heterocycles. The monoisotopic (exact) mass is 248 g/mol. The van der Waals surface area contributed by atoms with Crippen molar-refractivity contribution in [1.29, 1.82) is 0 Å². The van der Waals surface area contributed by atoms with Crippen molar-refractivity contribution in [3.63, 3.8) is 0 Å². The van der Waals surface area contributed by atoms with Gasteiger partial charge in [0, 0.05) is 11.8 Å². The molecule has 0 aromatic heterocycles. The molecule has 0 amide bonds.